The fourth-order valence-corrected chi connectivity index (χ4v) is 4.93. The molecule has 178 valence electrons. The number of carbonyl (C=O) groups excluding carboxylic acids is 3. The Morgan fingerprint density at radius 2 is 1.66 bits per heavy atom. The highest BCUT2D eigenvalue weighted by Gasteiger charge is 2.63. The average molecular weight is 472 g/mol. The monoisotopic (exact) mass is 472 g/mol. The number of hydrogen-bond acceptors (Lipinski definition) is 8. The van der Waals surface area contributed by atoms with Crippen LogP contribution in [0.5, 0.6) is 0 Å². The number of para-hydroxylation sites is 1. The molecule has 2 aromatic carbocycles. The minimum atomic E-state index is -1.93. The highest BCUT2D eigenvalue weighted by molar-refractivity contribution is 6.08. The van der Waals surface area contributed by atoms with E-state index in [1.54, 1.807) is 61.5 Å². The van der Waals surface area contributed by atoms with Crippen LogP contribution in [0.25, 0.3) is 6.08 Å². The van der Waals surface area contributed by atoms with Gasteiger partial charge in [-0.25, -0.2) is 9.59 Å². The largest absolute Gasteiger partial charge is 0.466 e. The number of fused-ring (bicyclic) bond motifs is 3. The third kappa shape index (κ3) is 3.56. The zero-order valence-corrected chi connectivity index (χ0v) is 19.6. The first-order valence-corrected chi connectivity index (χ1v) is 11.1. The summed E-state index contributed by atoms with van der Waals surface area (Å²) in [4.78, 5) is 41.9. The Hall–Kier alpha value is -4.38. The van der Waals surface area contributed by atoms with Gasteiger partial charge in [-0.15, -0.1) is 0 Å². The van der Waals surface area contributed by atoms with E-state index in [-0.39, 0.29) is 17.9 Å². The van der Waals surface area contributed by atoms with Crippen molar-refractivity contribution in [2.24, 2.45) is 5.41 Å². The minimum absolute atomic E-state index is 0.0257. The molecular weight excluding hydrogens is 448 g/mol. The lowest BCUT2D eigenvalue weighted by Crippen LogP contribution is -2.60. The molecular formula is C27H24N2O6. The van der Waals surface area contributed by atoms with Crippen LogP contribution in [0.15, 0.2) is 71.9 Å². The normalized spacial score (nSPS) is 22.4. The molecule has 8 nitrogen and oxygen atoms in total. The van der Waals surface area contributed by atoms with Crippen LogP contribution in [0.1, 0.15) is 24.0 Å². The summed E-state index contributed by atoms with van der Waals surface area (Å²) >= 11 is 0. The number of ether oxygens (including phenoxy) is 3. The number of anilines is 1. The van der Waals surface area contributed by atoms with Crippen molar-refractivity contribution in [3.05, 3.63) is 83.1 Å². The van der Waals surface area contributed by atoms with E-state index < -0.39 is 35.3 Å². The molecule has 2 aliphatic rings. The summed E-state index contributed by atoms with van der Waals surface area (Å²) in [5.74, 6) is -3.63. The Balaban J connectivity index is 2.19. The first-order valence-electron chi connectivity index (χ1n) is 11.1. The minimum Gasteiger partial charge on any atom is -0.466 e. The van der Waals surface area contributed by atoms with E-state index in [2.05, 4.69) is 6.07 Å². The van der Waals surface area contributed by atoms with Crippen LogP contribution in [0.3, 0.4) is 0 Å². The maximum atomic E-state index is 13.7. The molecule has 2 aliphatic heterocycles. The van der Waals surface area contributed by atoms with Crippen LogP contribution in [0.2, 0.25) is 0 Å². The molecule has 4 rings (SSSR count). The standard InChI is InChI=1S/C27H24N2O6/c1-4-35-26(32)27(16-28)20-15-14-17-10-8-9-13-19(17)29(20)23(25(31)34-3)21(24(30)33-2)22(27)18-11-6-5-7-12-18/h5-15,20,22H,4H2,1-3H3/t20?,22-,27+/m1/s1. The molecule has 2 aromatic rings. The number of nitriles is 1. The van der Waals surface area contributed by atoms with E-state index in [1.165, 1.54) is 19.1 Å². The molecule has 35 heavy (non-hydrogen) atoms. The van der Waals surface area contributed by atoms with Crippen LogP contribution in [-0.4, -0.2) is 44.8 Å². The summed E-state index contributed by atoms with van der Waals surface area (Å²) in [5, 5.41) is 10.7. The van der Waals surface area contributed by atoms with Gasteiger partial charge >= 0.3 is 17.9 Å². The van der Waals surface area contributed by atoms with Crippen LogP contribution in [0, 0.1) is 16.7 Å². The SMILES string of the molecule is CCOC(=O)[C@@]1(C#N)C2C=Cc3ccccc3N2C(C(=O)OC)=C(C(=O)OC)[C@H]1c1ccccc1. The molecule has 0 bridgehead atoms. The molecule has 0 saturated carbocycles. The Morgan fingerprint density at radius 1 is 1.00 bits per heavy atom. The lowest BCUT2D eigenvalue weighted by atomic mass is 9.61. The lowest BCUT2D eigenvalue weighted by Gasteiger charge is -2.50. The van der Waals surface area contributed by atoms with Crippen LogP contribution >= 0.6 is 0 Å². The van der Waals surface area contributed by atoms with Crippen molar-refractivity contribution >= 4 is 29.7 Å². The van der Waals surface area contributed by atoms with Crippen molar-refractivity contribution < 1.29 is 28.6 Å². The van der Waals surface area contributed by atoms with Gasteiger partial charge in [-0.1, -0.05) is 60.7 Å². The molecule has 0 aromatic heterocycles. The molecule has 0 N–H and O–H groups in total. The van der Waals surface area contributed by atoms with E-state index in [0.717, 1.165) is 5.56 Å². The zero-order chi connectivity index (χ0) is 25.2. The molecule has 1 unspecified atom stereocenters. The van der Waals surface area contributed by atoms with Crippen LogP contribution < -0.4 is 4.90 Å². The Kier molecular flexibility index (Phi) is 6.43. The summed E-state index contributed by atoms with van der Waals surface area (Å²) in [7, 11) is 2.39. The quantitative estimate of drug-likeness (QED) is 0.482. The second-order valence-electron chi connectivity index (χ2n) is 8.02. The van der Waals surface area contributed by atoms with E-state index in [0.29, 0.717) is 11.3 Å². The first-order chi connectivity index (χ1) is 17.0. The van der Waals surface area contributed by atoms with E-state index in [9.17, 15) is 19.6 Å². The van der Waals surface area contributed by atoms with Gasteiger partial charge in [0.05, 0.1) is 44.4 Å². The fourth-order valence-electron chi connectivity index (χ4n) is 4.93. The number of rotatable bonds is 5. The third-order valence-electron chi connectivity index (χ3n) is 6.35. The number of benzene rings is 2. The van der Waals surface area contributed by atoms with E-state index >= 15 is 0 Å². The zero-order valence-electron chi connectivity index (χ0n) is 19.6. The molecule has 0 aliphatic carbocycles. The number of hydrogen-bond donors (Lipinski definition) is 0. The summed E-state index contributed by atoms with van der Waals surface area (Å²) in [6, 6.07) is 17.0. The molecule has 2 heterocycles. The van der Waals surface area contributed by atoms with Gasteiger partial charge in [-0.2, -0.15) is 5.26 Å². The summed E-state index contributed by atoms with van der Waals surface area (Å²) in [5.41, 5.74) is -0.412. The van der Waals surface area contributed by atoms with Gasteiger partial charge in [0.15, 0.2) is 5.41 Å². The summed E-state index contributed by atoms with van der Waals surface area (Å²) in [6.45, 7) is 1.67. The Labute approximate surface area is 203 Å². The lowest BCUT2D eigenvalue weighted by molar-refractivity contribution is -0.154. The third-order valence-corrected chi connectivity index (χ3v) is 6.35. The van der Waals surface area contributed by atoms with Crippen molar-refractivity contribution in [2.75, 3.05) is 25.7 Å². The second-order valence-corrected chi connectivity index (χ2v) is 8.02. The predicted molar refractivity (Wildman–Crippen MR) is 127 cm³/mol. The average Bonchev–Trinajstić information content (AvgIpc) is 2.91. The predicted octanol–water partition coefficient (Wildman–Crippen LogP) is 3.36. The van der Waals surface area contributed by atoms with E-state index in [4.69, 9.17) is 14.2 Å². The van der Waals surface area contributed by atoms with Crippen molar-refractivity contribution in [1.82, 2.24) is 0 Å². The van der Waals surface area contributed by atoms with Crippen LogP contribution in [-0.2, 0) is 28.6 Å². The highest BCUT2D eigenvalue weighted by Crippen LogP contribution is 2.55. The van der Waals surface area contributed by atoms with E-state index in [1.807, 2.05) is 12.1 Å². The fraction of sp³-hybridized carbons (Fsp3) is 0.259. The van der Waals surface area contributed by atoms with Gasteiger partial charge in [-0.3, -0.25) is 4.79 Å². The molecule has 0 spiro atoms. The van der Waals surface area contributed by atoms with Gasteiger partial charge in [0, 0.05) is 5.69 Å². The Bertz CT molecular complexity index is 1280. The molecule has 0 fully saturated rings. The highest BCUT2D eigenvalue weighted by atomic mass is 16.5. The van der Waals surface area contributed by atoms with Gasteiger partial charge in [0.2, 0.25) is 0 Å². The molecule has 8 heteroatoms. The van der Waals surface area contributed by atoms with Crippen molar-refractivity contribution in [1.29, 1.82) is 5.26 Å². The van der Waals surface area contributed by atoms with Gasteiger partial charge in [0.1, 0.15) is 5.70 Å². The smallest absolute Gasteiger partial charge is 0.355 e. The van der Waals surface area contributed by atoms with Crippen molar-refractivity contribution in [3.63, 3.8) is 0 Å². The van der Waals surface area contributed by atoms with Gasteiger partial charge in [0.25, 0.3) is 0 Å². The number of methoxy groups -OCH3 is 2. The first kappa shape index (κ1) is 23.8. The molecule has 3 atom stereocenters. The topological polar surface area (TPSA) is 106 Å². The number of esters is 3. The molecule has 0 radical (unpaired) electrons. The van der Waals surface area contributed by atoms with Gasteiger partial charge < -0.3 is 19.1 Å². The summed E-state index contributed by atoms with van der Waals surface area (Å²) in [6.07, 6.45) is 3.48. The molecule has 0 saturated heterocycles. The second kappa shape index (κ2) is 9.47. The number of carbonyl (C=O) groups is 3. The Morgan fingerprint density at radius 3 is 2.29 bits per heavy atom. The maximum Gasteiger partial charge on any atom is 0.355 e. The summed E-state index contributed by atoms with van der Waals surface area (Å²) < 4.78 is 15.6. The molecule has 0 amide bonds. The van der Waals surface area contributed by atoms with Crippen LogP contribution in [0.4, 0.5) is 5.69 Å². The van der Waals surface area contributed by atoms with Crippen molar-refractivity contribution in [2.45, 2.75) is 18.9 Å². The van der Waals surface area contributed by atoms with Crippen molar-refractivity contribution in [3.8, 4) is 6.07 Å². The number of nitrogens with zero attached hydrogens (tertiary/aromatic N) is 2. The maximum absolute atomic E-state index is 13.7. The van der Waals surface area contributed by atoms with Gasteiger partial charge in [-0.05, 0) is 24.1 Å².